The molecule has 0 aliphatic rings. The normalized spacial score (nSPS) is 16.2. The third-order valence-corrected chi connectivity index (χ3v) is 3.17. The largest absolute Gasteiger partial charge is 0.402 e. The second-order valence-corrected chi connectivity index (χ2v) is 4.91. The zero-order valence-corrected chi connectivity index (χ0v) is 11.8. The molecule has 0 N–H and O–H groups in total. The van der Waals surface area contributed by atoms with Crippen LogP contribution >= 0.6 is 15.9 Å². The van der Waals surface area contributed by atoms with E-state index < -0.39 is 11.0 Å². The summed E-state index contributed by atoms with van der Waals surface area (Å²) in [4.78, 5) is 0.158. The molecule has 7 heteroatoms. The predicted octanol–water partition coefficient (Wildman–Crippen LogP) is 2.30. The molecule has 2 unspecified atom stereocenters. The lowest BCUT2D eigenvalue weighted by atomic mass is 10.2. The summed E-state index contributed by atoms with van der Waals surface area (Å²) in [5, 5.41) is 0. The highest BCUT2D eigenvalue weighted by Gasteiger charge is 2.39. The van der Waals surface area contributed by atoms with Crippen LogP contribution < -0.4 is 0 Å². The van der Waals surface area contributed by atoms with Crippen LogP contribution in [0.3, 0.4) is 0 Å². The third kappa shape index (κ3) is 7.23. The molecule has 0 aromatic heterocycles. The van der Waals surface area contributed by atoms with Gasteiger partial charge in [-0.2, -0.15) is 13.2 Å². The lowest BCUT2D eigenvalue weighted by molar-refractivity contribution is -0.132. The molecule has 0 rings (SSSR count). The van der Waals surface area contributed by atoms with Crippen LogP contribution in [-0.2, 0) is 9.47 Å². The number of methoxy groups -OCH3 is 2. The Kier molecular flexibility index (Phi) is 8.36. The summed E-state index contributed by atoms with van der Waals surface area (Å²) in [6.07, 6.45) is -4.24. The molecule has 0 saturated carbocycles. The van der Waals surface area contributed by atoms with Crippen molar-refractivity contribution in [2.75, 3.05) is 40.5 Å². The molecule has 0 amide bonds. The molecular weight excluding hydrogens is 303 g/mol. The summed E-state index contributed by atoms with van der Waals surface area (Å²) in [6.45, 7) is 2.94. The average Bonchev–Trinajstić information content (AvgIpc) is 2.22. The van der Waals surface area contributed by atoms with E-state index in [1.807, 2.05) is 6.92 Å². The maximum absolute atomic E-state index is 12.4. The van der Waals surface area contributed by atoms with E-state index in [-0.39, 0.29) is 12.6 Å². The molecule has 0 aromatic rings. The Morgan fingerprint density at radius 3 is 2.24 bits per heavy atom. The van der Waals surface area contributed by atoms with Gasteiger partial charge in [-0.1, -0.05) is 15.9 Å². The molecule has 2 atom stereocenters. The van der Waals surface area contributed by atoms with Gasteiger partial charge in [0, 0.05) is 33.4 Å². The molecule has 0 bridgehead atoms. The Morgan fingerprint density at radius 2 is 1.82 bits per heavy atom. The first-order chi connectivity index (χ1) is 7.82. The van der Waals surface area contributed by atoms with E-state index in [0.29, 0.717) is 19.8 Å². The molecule has 0 spiro atoms. The van der Waals surface area contributed by atoms with Crippen LogP contribution in [0.2, 0.25) is 0 Å². The van der Waals surface area contributed by atoms with Gasteiger partial charge in [-0.25, -0.2) is 0 Å². The van der Waals surface area contributed by atoms with Crippen LogP contribution in [0, 0.1) is 0 Å². The van der Waals surface area contributed by atoms with Crippen molar-refractivity contribution in [3.8, 4) is 0 Å². The topological polar surface area (TPSA) is 21.7 Å². The van der Waals surface area contributed by atoms with Crippen LogP contribution in [-0.4, -0.2) is 62.5 Å². The molecule has 104 valence electrons. The van der Waals surface area contributed by atoms with E-state index in [9.17, 15) is 13.2 Å². The van der Waals surface area contributed by atoms with E-state index in [1.165, 1.54) is 14.2 Å². The number of ether oxygens (including phenoxy) is 2. The van der Waals surface area contributed by atoms with Crippen LogP contribution in [0.5, 0.6) is 0 Å². The second kappa shape index (κ2) is 8.29. The predicted molar refractivity (Wildman–Crippen MR) is 63.6 cm³/mol. The molecule has 0 aromatic carbocycles. The van der Waals surface area contributed by atoms with E-state index in [0.717, 1.165) is 0 Å². The van der Waals surface area contributed by atoms with Crippen molar-refractivity contribution in [1.29, 1.82) is 0 Å². The highest BCUT2D eigenvalue weighted by atomic mass is 79.9. The molecule has 17 heavy (non-hydrogen) atoms. The van der Waals surface area contributed by atoms with Crippen LogP contribution in [0.4, 0.5) is 13.2 Å². The van der Waals surface area contributed by atoms with Gasteiger partial charge in [-0.15, -0.1) is 0 Å². The average molecular weight is 322 g/mol. The van der Waals surface area contributed by atoms with Gasteiger partial charge in [0.15, 0.2) is 0 Å². The van der Waals surface area contributed by atoms with Gasteiger partial charge >= 0.3 is 6.18 Å². The SMILES string of the molecule is COCCN(CC(Br)C(F)(F)F)C(C)COC. The summed E-state index contributed by atoms with van der Waals surface area (Å²) in [6, 6.07) is -0.0856. The minimum absolute atomic E-state index is 0.0856. The van der Waals surface area contributed by atoms with Gasteiger partial charge in [0.2, 0.25) is 0 Å². The maximum atomic E-state index is 12.4. The molecule has 0 radical (unpaired) electrons. The molecule has 0 heterocycles. The second-order valence-electron chi connectivity index (χ2n) is 3.80. The van der Waals surface area contributed by atoms with Gasteiger partial charge < -0.3 is 9.47 Å². The quantitative estimate of drug-likeness (QED) is 0.640. The highest BCUT2D eigenvalue weighted by molar-refractivity contribution is 9.09. The van der Waals surface area contributed by atoms with Gasteiger partial charge in [-0.05, 0) is 6.92 Å². The number of alkyl halides is 4. The van der Waals surface area contributed by atoms with Crippen molar-refractivity contribution < 1.29 is 22.6 Å². The van der Waals surface area contributed by atoms with E-state index in [2.05, 4.69) is 15.9 Å². The fourth-order valence-corrected chi connectivity index (χ4v) is 1.73. The number of halogens is 4. The minimum atomic E-state index is -4.24. The fourth-order valence-electron chi connectivity index (χ4n) is 1.36. The fraction of sp³-hybridized carbons (Fsp3) is 1.00. The van der Waals surface area contributed by atoms with Crippen molar-refractivity contribution in [1.82, 2.24) is 4.90 Å². The van der Waals surface area contributed by atoms with Gasteiger partial charge in [0.1, 0.15) is 4.83 Å². The van der Waals surface area contributed by atoms with Crippen LogP contribution in [0.15, 0.2) is 0 Å². The first-order valence-electron chi connectivity index (χ1n) is 5.25. The zero-order valence-electron chi connectivity index (χ0n) is 10.3. The summed E-state index contributed by atoms with van der Waals surface area (Å²) in [7, 11) is 3.05. The molecule has 3 nitrogen and oxygen atoms in total. The van der Waals surface area contributed by atoms with Crippen molar-refractivity contribution in [3.05, 3.63) is 0 Å². The minimum Gasteiger partial charge on any atom is -0.383 e. The molecule has 0 aliphatic heterocycles. The lowest BCUT2D eigenvalue weighted by Gasteiger charge is -2.30. The van der Waals surface area contributed by atoms with Gasteiger partial charge in [0.05, 0.1) is 13.2 Å². The van der Waals surface area contributed by atoms with E-state index >= 15 is 0 Å². The summed E-state index contributed by atoms with van der Waals surface area (Å²) in [5.41, 5.74) is 0. The van der Waals surface area contributed by atoms with Crippen LogP contribution in [0.1, 0.15) is 6.92 Å². The lowest BCUT2D eigenvalue weighted by Crippen LogP contribution is -2.45. The third-order valence-electron chi connectivity index (χ3n) is 2.36. The Balaban J connectivity index is 4.36. The van der Waals surface area contributed by atoms with Gasteiger partial charge in [-0.3, -0.25) is 4.90 Å². The summed E-state index contributed by atoms with van der Waals surface area (Å²) in [5.74, 6) is 0. The number of rotatable bonds is 8. The number of nitrogens with zero attached hydrogens (tertiary/aromatic N) is 1. The smallest absolute Gasteiger partial charge is 0.383 e. The maximum Gasteiger partial charge on any atom is 0.402 e. The molecule has 0 fully saturated rings. The Bertz CT molecular complexity index is 204. The zero-order chi connectivity index (χ0) is 13.5. The Morgan fingerprint density at radius 1 is 1.24 bits per heavy atom. The first kappa shape index (κ1) is 17.2. The molecule has 0 saturated heterocycles. The molecular formula is C10H19BrF3NO2. The number of hydrogen-bond donors (Lipinski definition) is 0. The first-order valence-corrected chi connectivity index (χ1v) is 6.17. The van der Waals surface area contributed by atoms with Crippen LogP contribution in [0.25, 0.3) is 0 Å². The summed E-state index contributed by atoms with van der Waals surface area (Å²) >= 11 is 2.66. The van der Waals surface area contributed by atoms with Crippen molar-refractivity contribution in [2.45, 2.75) is 24.0 Å². The standard InChI is InChI=1S/C10H19BrF3NO2/c1-8(7-17-3)15(4-5-16-2)6-9(11)10(12,13)14/h8-9H,4-7H2,1-3H3. The summed E-state index contributed by atoms with van der Waals surface area (Å²) < 4.78 is 47.2. The van der Waals surface area contributed by atoms with E-state index in [1.54, 1.807) is 4.90 Å². The van der Waals surface area contributed by atoms with Gasteiger partial charge in [0.25, 0.3) is 0 Å². The van der Waals surface area contributed by atoms with E-state index in [4.69, 9.17) is 9.47 Å². The van der Waals surface area contributed by atoms with Crippen molar-refractivity contribution in [3.63, 3.8) is 0 Å². The Hall–Kier alpha value is 0.150. The monoisotopic (exact) mass is 321 g/mol. The Labute approximate surface area is 108 Å². The highest BCUT2D eigenvalue weighted by Crippen LogP contribution is 2.27. The van der Waals surface area contributed by atoms with Crippen molar-refractivity contribution >= 4 is 15.9 Å². The number of hydrogen-bond acceptors (Lipinski definition) is 3. The van der Waals surface area contributed by atoms with Crippen molar-refractivity contribution in [2.24, 2.45) is 0 Å². The molecule has 0 aliphatic carbocycles.